The molecule has 7 rings (SSSR count). The van der Waals surface area contributed by atoms with Crippen LogP contribution in [0.2, 0.25) is 10.0 Å². The van der Waals surface area contributed by atoms with Gasteiger partial charge < -0.3 is 19.1 Å². The van der Waals surface area contributed by atoms with Gasteiger partial charge in [0.1, 0.15) is 17.4 Å². The highest BCUT2D eigenvalue weighted by Gasteiger charge is 2.52. The van der Waals surface area contributed by atoms with Crippen LogP contribution in [0.1, 0.15) is 70.9 Å². The number of fused-ring (bicyclic) bond motifs is 3. The van der Waals surface area contributed by atoms with E-state index < -0.39 is 17.8 Å². The zero-order valence-corrected chi connectivity index (χ0v) is 23.0. The molecule has 2 unspecified atom stereocenters. The van der Waals surface area contributed by atoms with Crippen LogP contribution in [-0.2, 0) is 4.74 Å². The number of likely N-dealkylation sites (N-methyl/N-ethyl adjacent to an activating group) is 1. The number of alkyl halides is 2. The Morgan fingerprint density at radius 3 is 2.40 bits per heavy atom. The fourth-order valence-corrected chi connectivity index (χ4v) is 7.07. The molecule has 1 aromatic heterocycles. The standard InChI is InChI=1S/C29H25Cl2F2N3O4/c1-35-22-13-17(9-10-19(22)27(37)29(35,32)33)36-15-7-8-16(36)12-18(11-15)39-28(38)24-25(34-40-26(24)14-5-6-14)23-20(30)3-2-4-21(23)31/h2-4,9-10,13-16,18H,5-8,11-12H2,1H3. The molecular formula is C29H25Cl2F2N3O4. The molecule has 1 aliphatic carbocycles. The minimum atomic E-state index is -3.55. The Labute approximate surface area is 238 Å². The van der Waals surface area contributed by atoms with Gasteiger partial charge in [0.25, 0.3) is 5.78 Å². The van der Waals surface area contributed by atoms with Crippen molar-refractivity contribution in [3.8, 4) is 11.3 Å². The number of carbonyl (C=O) groups is 2. The van der Waals surface area contributed by atoms with E-state index in [9.17, 15) is 18.4 Å². The lowest BCUT2D eigenvalue weighted by atomic mass is 9.97. The number of ether oxygens (including phenoxy) is 1. The lowest BCUT2D eigenvalue weighted by Crippen LogP contribution is -2.46. The summed E-state index contributed by atoms with van der Waals surface area (Å²) in [6.07, 6.45) is 4.44. The van der Waals surface area contributed by atoms with Crippen LogP contribution in [0.25, 0.3) is 11.3 Å². The summed E-state index contributed by atoms with van der Waals surface area (Å²) in [5.74, 6) is -1.07. The average molecular weight is 588 g/mol. The second-order valence-electron chi connectivity index (χ2n) is 11.1. The number of piperidine rings is 1. The van der Waals surface area contributed by atoms with Gasteiger partial charge in [0.05, 0.1) is 15.7 Å². The van der Waals surface area contributed by atoms with Crippen LogP contribution in [-0.4, -0.2) is 48.2 Å². The number of aromatic nitrogens is 1. The van der Waals surface area contributed by atoms with Crippen LogP contribution in [0.15, 0.2) is 40.9 Å². The highest BCUT2D eigenvalue weighted by atomic mass is 35.5. The summed E-state index contributed by atoms with van der Waals surface area (Å²) in [6, 6.07) is 6.58. The molecular weight excluding hydrogens is 563 g/mol. The van der Waals surface area contributed by atoms with Crippen molar-refractivity contribution >= 4 is 46.3 Å². The normalized spacial score (nSPS) is 24.9. The van der Waals surface area contributed by atoms with E-state index in [1.54, 1.807) is 30.3 Å². The van der Waals surface area contributed by atoms with Gasteiger partial charge in [0, 0.05) is 54.7 Å². The highest BCUT2D eigenvalue weighted by molar-refractivity contribution is 6.39. The van der Waals surface area contributed by atoms with E-state index in [0.717, 1.165) is 36.3 Å². The maximum Gasteiger partial charge on any atom is 0.389 e. The van der Waals surface area contributed by atoms with Crippen molar-refractivity contribution in [2.75, 3.05) is 16.8 Å². The van der Waals surface area contributed by atoms with Crippen molar-refractivity contribution in [2.24, 2.45) is 0 Å². The lowest BCUT2D eigenvalue weighted by Gasteiger charge is -2.40. The molecule has 40 heavy (non-hydrogen) atoms. The topological polar surface area (TPSA) is 75.9 Å². The molecule has 7 nitrogen and oxygen atoms in total. The number of hydrogen-bond donors (Lipinski definition) is 0. The number of halogens is 4. The first kappa shape index (κ1) is 25.8. The van der Waals surface area contributed by atoms with E-state index in [1.807, 2.05) is 0 Å². The monoisotopic (exact) mass is 587 g/mol. The predicted octanol–water partition coefficient (Wildman–Crippen LogP) is 7.11. The minimum absolute atomic E-state index is 0.0297. The SMILES string of the molecule is CN1c2cc(N3C4CCC3CC(OC(=O)c3c(-c5c(Cl)cccc5Cl)noc3C3CC3)C4)ccc2C(=O)C1(F)F. The van der Waals surface area contributed by atoms with Crippen LogP contribution in [0, 0.1) is 0 Å². The molecule has 3 aromatic rings. The molecule has 3 aliphatic heterocycles. The van der Waals surface area contributed by atoms with Gasteiger partial charge in [0.2, 0.25) is 0 Å². The first-order chi connectivity index (χ1) is 19.1. The third-order valence-electron chi connectivity index (χ3n) is 8.61. The van der Waals surface area contributed by atoms with Gasteiger partial charge in [0.15, 0.2) is 5.76 Å². The molecule has 2 saturated heterocycles. The molecule has 2 atom stereocenters. The Hall–Kier alpha value is -3.17. The smallest absolute Gasteiger partial charge is 0.389 e. The summed E-state index contributed by atoms with van der Waals surface area (Å²) in [4.78, 5) is 28.8. The van der Waals surface area contributed by atoms with Gasteiger partial charge in [-0.3, -0.25) is 4.79 Å². The number of esters is 1. The first-order valence-corrected chi connectivity index (χ1v) is 14.1. The predicted molar refractivity (Wildman–Crippen MR) is 146 cm³/mol. The molecule has 1 saturated carbocycles. The number of nitrogens with zero attached hydrogens (tertiary/aromatic N) is 3. The van der Waals surface area contributed by atoms with Gasteiger partial charge >= 0.3 is 12.0 Å². The summed E-state index contributed by atoms with van der Waals surface area (Å²) < 4.78 is 40.3. The maximum atomic E-state index is 14.3. The Balaban J connectivity index is 1.13. The largest absolute Gasteiger partial charge is 0.458 e. The van der Waals surface area contributed by atoms with Gasteiger partial charge in [-0.1, -0.05) is 34.4 Å². The zero-order chi connectivity index (χ0) is 27.9. The molecule has 2 bridgehead atoms. The second-order valence-corrected chi connectivity index (χ2v) is 11.9. The number of carbonyl (C=O) groups excluding carboxylic acids is 2. The Bertz CT molecular complexity index is 1520. The van der Waals surface area contributed by atoms with E-state index in [-0.39, 0.29) is 46.6 Å². The molecule has 208 valence electrons. The molecule has 0 radical (unpaired) electrons. The van der Waals surface area contributed by atoms with E-state index in [1.165, 1.54) is 13.1 Å². The van der Waals surface area contributed by atoms with Crippen LogP contribution in [0.5, 0.6) is 0 Å². The lowest BCUT2D eigenvalue weighted by molar-refractivity contribution is 0.0166. The summed E-state index contributed by atoms with van der Waals surface area (Å²) in [5, 5.41) is 4.92. The van der Waals surface area contributed by atoms with Crippen LogP contribution in [0.3, 0.4) is 0 Å². The molecule has 0 spiro atoms. The highest BCUT2D eigenvalue weighted by Crippen LogP contribution is 2.48. The fourth-order valence-electron chi connectivity index (χ4n) is 6.49. The van der Waals surface area contributed by atoms with Crippen molar-refractivity contribution in [3.05, 3.63) is 63.3 Å². The maximum absolute atomic E-state index is 14.3. The molecule has 0 N–H and O–H groups in total. The van der Waals surface area contributed by atoms with Gasteiger partial charge in [-0.25, -0.2) is 4.79 Å². The summed E-state index contributed by atoms with van der Waals surface area (Å²) in [6.45, 7) is 0. The zero-order valence-electron chi connectivity index (χ0n) is 21.5. The third-order valence-corrected chi connectivity index (χ3v) is 9.24. The van der Waals surface area contributed by atoms with Crippen molar-refractivity contribution in [1.82, 2.24) is 5.16 Å². The van der Waals surface area contributed by atoms with Gasteiger partial charge in [-0.05, 0) is 56.0 Å². The molecule has 2 aromatic carbocycles. The van der Waals surface area contributed by atoms with E-state index in [2.05, 4.69) is 10.1 Å². The van der Waals surface area contributed by atoms with E-state index in [0.29, 0.717) is 34.2 Å². The summed E-state index contributed by atoms with van der Waals surface area (Å²) in [7, 11) is 1.23. The molecule has 0 amide bonds. The number of Topliss-reactive ketones (excluding diaryl/α,β-unsaturated/α-hetero) is 1. The quantitative estimate of drug-likeness (QED) is 0.232. The Kier molecular flexibility index (Phi) is 5.91. The summed E-state index contributed by atoms with van der Waals surface area (Å²) in [5.41, 5.74) is 2.05. The number of benzene rings is 2. The summed E-state index contributed by atoms with van der Waals surface area (Å²) >= 11 is 12.9. The van der Waals surface area contributed by atoms with Gasteiger partial charge in [-0.2, -0.15) is 8.78 Å². The number of rotatable bonds is 5. The number of hydrogen-bond acceptors (Lipinski definition) is 7. The average Bonchev–Trinajstić information content (AvgIpc) is 3.58. The van der Waals surface area contributed by atoms with Crippen molar-refractivity contribution in [1.29, 1.82) is 0 Å². The molecule has 3 fully saturated rings. The molecule has 4 heterocycles. The molecule has 11 heteroatoms. The Morgan fingerprint density at radius 2 is 1.75 bits per heavy atom. The number of ketones is 1. The van der Waals surface area contributed by atoms with Crippen LogP contribution >= 0.6 is 23.2 Å². The third kappa shape index (κ3) is 3.92. The second kappa shape index (κ2) is 9.17. The number of anilines is 2. The van der Waals surface area contributed by atoms with E-state index in [4.69, 9.17) is 32.5 Å². The minimum Gasteiger partial charge on any atom is -0.458 e. The first-order valence-electron chi connectivity index (χ1n) is 13.4. The van der Waals surface area contributed by atoms with Crippen LogP contribution < -0.4 is 9.80 Å². The van der Waals surface area contributed by atoms with Gasteiger partial charge in [-0.15, -0.1) is 0 Å². The van der Waals surface area contributed by atoms with E-state index >= 15 is 0 Å². The van der Waals surface area contributed by atoms with Crippen LogP contribution in [0.4, 0.5) is 20.2 Å². The van der Waals surface area contributed by atoms with Crippen molar-refractivity contribution in [2.45, 2.75) is 68.7 Å². The molecule has 4 aliphatic rings. The van der Waals surface area contributed by atoms with Crippen molar-refractivity contribution in [3.63, 3.8) is 0 Å². The van der Waals surface area contributed by atoms with Crippen molar-refractivity contribution < 1.29 is 27.6 Å². The Morgan fingerprint density at radius 1 is 1.07 bits per heavy atom. The fraction of sp³-hybridized carbons (Fsp3) is 0.414.